The molecule has 2 aromatic rings. The second-order valence-electron chi connectivity index (χ2n) is 7.89. The first-order chi connectivity index (χ1) is 15.5. The van der Waals surface area contributed by atoms with Gasteiger partial charge in [0.15, 0.2) is 17.3 Å². The van der Waals surface area contributed by atoms with Gasteiger partial charge in [0.1, 0.15) is 11.9 Å². The molecule has 2 amide bonds. The number of hydrogen-bond acceptors (Lipinski definition) is 7. The fourth-order valence-electron chi connectivity index (χ4n) is 4.07. The predicted octanol–water partition coefficient (Wildman–Crippen LogP) is 0.902. The Labute approximate surface area is 191 Å². The molecule has 1 fully saturated rings. The summed E-state index contributed by atoms with van der Waals surface area (Å²) in [5.74, 6) is 2.58. The van der Waals surface area contributed by atoms with E-state index in [1.165, 1.54) is 0 Å². The van der Waals surface area contributed by atoms with Crippen molar-refractivity contribution in [3.63, 3.8) is 0 Å². The minimum absolute atomic E-state index is 0.0869. The molecular weight excluding hydrogens is 436 g/mol. The number of rotatable bonds is 7. The monoisotopic (exact) mass is 462 g/mol. The third-order valence-electron chi connectivity index (χ3n) is 5.87. The normalized spacial score (nSPS) is 18.6. The van der Waals surface area contributed by atoms with Crippen LogP contribution in [0, 0.1) is 0 Å². The van der Waals surface area contributed by atoms with Crippen LogP contribution in [0.1, 0.15) is 30.1 Å². The molecule has 1 unspecified atom stereocenters. The van der Waals surface area contributed by atoms with E-state index >= 15 is 0 Å². The maximum Gasteiger partial charge on any atom is 0.242 e. The van der Waals surface area contributed by atoms with E-state index in [0.717, 1.165) is 30.9 Å². The second kappa shape index (κ2) is 9.74. The van der Waals surface area contributed by atoms with E-state index in [1.807, 2.05) is 6.07 Å². The maximum absolute atomic E-state index is 12.3. The molecule has 0 spiro atoms. The SMILES string of the molecule is COc1cc(Cl)c(CN2CCc3nnc(CNC(=O)C4CCC(=O)N4)n3CC2)cc1OC. The van der Waals surface area contributed by atoms with Gasteiger partial charge in [0, 0.05) is 50.1 Å². The number of methoxy groups -OCH3 is 2. The van der Waals surface area contributed by atoms with Gasteiger partial charge in [-0.15, -0.1) is 10.2 Å². The second-order valence-corrected chi connectivity index (χ2v) is 8.29. The molecule has 32 heavy (non-hydrogen) atoms. The molecule has 1 atom stereocenters. The Hall–Kier alpha value is -2.85. The fourth-order valence-corrected chi connectivity index (χ4v) is 4.29. The molecule has 0 bridgehead atoms. The molecule has 3 heterocycles. The number of ether oxygens (including phenoxy) is 2. The summed E-state index contributed by atoms with van der Waals surface area (Å²) in [6.07, 6.45) is 1.65. The van der Waals surface area contributed by atoms with Gasteiger partial charge in [0.2, 0.25) is 11.8 Å². The van der Waals surface area contributed by atoms with Gasteiger partial charge < -0.3 is 24.7 Å². The van der Waals surface area contributed by atoms with Crippen LogP contribution in [0.15, 0.2) is 12.1 Å². The van der Waals surface area contributed by atoms with Gasteiger partial charge in [-0.1, -0.05) is 11.6 Å². The smallest absolute Gasteiger partial charge is 0.242 e. The highest BCUT2D eigenvalue weighted by Crippen LogP contribution is 2.33. The highest BCUT2D eigenvalue weighted by molar-refractivity contribution is 6.31. The van der Waals surface area contributed by atoms with Gasteiger partial charge in [0.05, 0.1) is 20.8 Å². The number of benzene rings is 1. The van der Waals surface area contributed by atoms with E-state index in [4.69, 9.17) is 21.1 Å². The standard InChI is InChI=1S/C21H27ClN6O4/c1-31-16-9-13(14(22)10-17(16)32-2)12-27-6-5-18-25-26-19(28(18)8-7-27)11-23-21(30)15-3-4-20(29)24-15/h9-10,15H,3-8,11-12H2,1-2H3,(H,23,30)(H,24,29). The minimum atomic E-state index is -0.462. The number of fused-ring (bicyclic) bond motifs is 1. The lowest BCUT2D eigenvalue weighted by molar-refractivity contribution is -0.125. The molecule has 4 rings (SSSR count). The van der Waals surface area contributed by atoms with Gasteiger partial charge in [-0.3, -0.25) is 14.5 Å². The molecule has 2 aliphatic heterocycles. The van der Waals surface area contributed by atoms with Crippen LogP contribution in [-0.4, -0.2) is 64.8 Å². The maximum atomic E-state index is 12.3. The minimum Gasteiger partial charge on any atom is -0.493 e. The van der Waals surface area contributed by atoms with Gasteiger partial charge in [-0.05, 0) is 18.1 Å². The molecule has 0 saturated carbocycles. The molecule has 1 aromatic carbocycles. The zero-order valence-electron chi connectivity index (χ0n) is 18.2. The summed E-state index contributed by atoms with van der Waals surface area (Å²) in [7, 11) is 3.19. The summed E-state index contributed by atoms with van der Waals surface area (Å²) in [5, 5.41) is 14.8. The molecule has 11 heteroatoms. The number of nitrogens with one attached hydrogen (secondary N) is 2. The molecule has 0 aliphatic carbocycles. The first-order valence-corrected chi connectivity index (χ1v) is 11.0. The number of carbonyl (C=O) groups excluding carboxylic acids is 2. The van der Waals surface area contributed by atoms with E-state index in [2.05, 4.69) is 30.3 Å². The van der Waals surface area contributed by atoms with Crippen LogP contribution < -0.4 is 20.1 Å². The van der Waals surface area contributed by atoms with Crippen LogP contribution in [-0.2, 0) is 35.6 Å². The van der Waals surface area contributed by atoms with Crippen molar-refractivity contribution in [2.75, 3.05) is 27.3 Å². The summed E-state index contributed by atoms with van der Waals surface area (Å²) < 4.78 is 12.8. The van der Waals surface area contributed by atoms with Gasteiger partial charge in [0.25, 0.3) is 0 Å². The number of amides is 2. The number of halogens is 1. The van der Waals surface area contributed by atoms with Crippen molar-refractivity contribution in [1.29, 1.82) is 0 Å². The predicted molar refractivity (Wildman–Crippen MR) is 117 cm³/mol. The molecular formula is C21H27ClN6O4. The molecule has 1 saturated heterocycles. The van der Waals surface area contributed by atoms with Crippen molar-refractivity contribution in [2.24, 2.45) is 0 Å². The van der Waals surface area contributed by atoms with Crippen LogP contribution >= 0.6 is 11.6 Å². The van der Waals surface area contributed by atoms with Crippen molar-refractivity contribution in [3.8, 4) is 11.5 Å². The summed E-state index contributed by atoms with van der Waals surface area (Å²) >= 11 is 6.47. The molecule has 0 radical (unpaired) electrons. The van der Waals surface area contributed by atoms with Crippen molar-refractivity contribution in [1.82, 2.24) is 30.3 Å². The van der Waals surface area contributed by atoms with E-state index < -0.39 is 6.04 Å². The van der Waals surface area contributed by atoms with E-state index in [-0.39, 0.29) is 18.4 Å². The van der Waals surface area contributed by atoms with E-state index in [1.54, 1.807) is 20.3 Å². The molecule has 10 nitrogen and oxygen atoms in total. The molecule has 2 N–H and O–H groups in total. The van der Waals surface area contributed by atoms with Crippen molar-refractivity contribution in [3.05, 3.63) is 34.4 Å². The average Bonchev–Trinajstić information content (AvgIpc) is 3.35. The first kappa shape index (κ1) is 22.3. The van der Waals surface area contributed by atoms with E-state index in [0.29, 0.717) is 48.3 Å². The molecule has 172 valence electrons. The summed E-state index contributed by atoms with van der Waals surface area (Å²) in [6, 6.07) is 3.22. The number of carbonyl (C=O) groups is 2. The first-order valence-electron chi connectivity index (χ1n) is 10.6. The van der Waals surface area contributed by atoms with Crippen LogP contribution in [0.4, 0.5) is 0 Å². The lowest BCUT2D eigenvalue weighted by Gasteiger charge is -2.21. The summed E-state index contributed by atoms with van der Waals surface area (Å²) in [4.78, 5) is 25.9. The van der Waals surface area contributed by atoms with Crippen LogP contribution in [0.3, 0.4) is 0 Å². The van der Waals surface area contributed by atoms with Gasteiger partial charge in [-0.2, -0.15) is 0 Å². The van der Waals surface area contributed by atoms with Gasteiger partial charge in [-0.25, -0.2) is 0 Å². The Kier molecular flexibility index (Phi) is 6.80. The zero-order chi connectivity index (χ0) is 22.7. The fraction of sp³-hybridized carbons (Fsp3) is 0.524. The highest BCUT2D eigenvalue weighted by Gasteiger charge is 2.27. The quantitative estimate of drug-likeness (QED) is 0.629. The molecule has 2 aliphatic rings. The van der Waals surface area contributed by atoms with Crippen LogP contribution in [0.25, 0.3) is 0 Å². The number of aromatic nitrogens is 3. The largest absolute Gasteiger partial charge is 0.493 e. The van der Waals surface area contributed by atoms with Crippen molar-refractivity contribution >= 4 is 23.4 Å². The topological polar surface area (TPSA) is 111 Å². The average molecular weight is 463 g/mol. The number of nitrogens with zero attached hydrogens (tertiary/aromatic N) is 4. The third kappa shape index (κ3) is 4.81. The Morgan fingerprint density at radius 1 is 1.19 bits per heavy atom. The highest BCUT2D eigenvalue weighted by atomic mass is 35.5. The summed E-state index contributed by atoms with van der Waals surface area (Å²) in [5.41, 5.74) is 0.966. The number of hydrogen-bond donors (Lipinski definition) is 2. The zero-order valence-corrected chi connectivity index (χ0v) is 18.9. The van der Waals surface area contributed by atoms with Crippen LogP contribution in [0.2, 0.25) is 5.02 Å². The Morgan fingerprint density at radius 3 is 2.69 bits per heavy atom. The van der Waals surface area contributed by atoms with Crippen molar-refractivity contribution in [2.45, 2.75) is 44.9 Å². The van der Waals surface area contributed by atoms with Crippen molar-refractivity contribution < 1.29 is 19.1 Å². The third-order valence-corrected chi connectivity index (χ3v) is 6.23. The summed E-state index contributed by atoms with van der Waals surface area (Å²) in [6.45, 7) is 3.25. The van der Waals surface area contributed by atoms with E-state index in [9.17, 15) is 9.59 Å². The van der Waals surface area contributed by atoms with Gasteiger partial charge >= 0.3 is 0 Å². The Bertz CT molecular complexity index is 1010. The lowest BCUT2D eigenvalue weighted by atomic mass is 10.1. The molecule has 1 aromatic heterocycles. The lowest BCUT2D eigenvalue weighted by Crippen LogP contribution is -2.41. The Morgan fingerprint density at radius 2 is 1.97 bits per heavy atom. The Balaban J connectivity index is 1.37. The van der Waals surface area contributed by atoms with Crippen LogP contribution in [0.5, 0.6) is 11.5 Å².